The summed E-state index contributed by atoms with van der Waals surface area (Å²) in [7, 11) is 1.84. The fourth-order valence-corrected chi connectivity index (χ4v) is 3.60. The van der Waals surface area contributed by atoms with Gasteiger partial charge < -0.3 is 15.5 Å². The van der Waals surface area contributed by atoms with Crippen LogP contribution in [0.1, 0.15) is 29.3 Å². The second-order valence-corrected chi connectivity index (χ2v) is 7.68. The van der Waals surface area contributed by atoms with Crippen LogP contribution in [0.5, 0.6) is 0 Å². The van der Waals surface area contributed by atoms with Crippen molar-refractivity contribution in [1.82, 2.24) is 25.1 Å². The third-order valence-corrected chi connectivity index (χ3v) is 5.33. The first-order valence-electron chi connectivity index (χ1n) is 9.80. The van der Waals surface area contributed by atoms with Crippen LogP contribution >= 0.6 is 0 Å². The number of aromatic nitrogens is 4. The topological polar surface area (TPSA) is 88.0 Å². The van der Waals surface area contributed by atoms with E-state index in [1.807, 2.05) is 27.1 Å². The molecule has 0 atom stereocenters. The largest absolute Gasteiger partial charge is 0.351 e. The Hall–Kier alpha value is -3.49. The smallest absolute Gasteiger partial charge is 0.251 e. The fourth-order valence-electron chi connectivity index (χ4n) is 3.60. The van der Waals surface area contributed by atoms with Crippen LogP contribution in [-0.2, 0) is 7.05 Å². The highest BCUT2D eigenvalue weighted by atomic mass is 19.1. The van der Waals surface area contributed by atoms with Gasteiger partial charge in [0.1, 0.15) is 11.6 Å². The Balaban J connectivity index is 1.46. The van der Waals surface area contributed by atoms with E-state index in [1.54, 1.807) is 23.1 Å². The Labute approximate surface area is 174 Å². The van der Waals surface area contributed by atoms with Crippen LogP contribution in [0.15, 0.2) is 42.9 Å². The van der Waals surface area contributed by atoms with Gasteiger partial charge in [0.15, 0.2) is 0 Å². The van der Waals surface area contributed by atoms with Gasteiger partial charge in [-0.05, 0) is 31.5 Å². The minimum Gasteiger partial charge on any atom is -0.351 e. The molecule has 9 heteroatoms. The van der Waals surface area contributed by atoms with Crippen LogP contribution in [0.3, 0.4) is 0 Å². The number of halogens is 1. The lowest BCUT2D eigenvalue weighted by Gasteiger charge is -2.51. The van der Waals surface area contributed by atoms with E-state index in [9.17, 15) is 9.18 Å². The molecule has 156 valence electrons. The van der Waals surface area contributed by atoms with E-state index < -0.39 is 5.82 Å². The van der Waals surface area contributed by atoms with Crippen LogP contribution < -0.4 is 15.5 Å². The van der Waals surface area contributed by atoms with Crippen molar-refractivity contribution in [1.29, 1.82) is 0 Å². The number of amides is 1. The van der Waals surface area contributed by atoms with Gasteiger partial charge in [-0.1, -0.05) is 13.0 Å². The zero-order chi connectivity index (χ0) is 21.3. The number of nitrogens with one attached hydrogen (secondary N) is 2. The van der Waals surface area contributed by atoms with E-state index in [4.69, 9.17) is 0 Å². The van der Waals surface area contributed by atoms with Crippen LogP contribution in [0, 0.1) is 12.7 Å². The van der Waals surface area contributed by atoms with Crippen molar-refractivity contribution >= 4 is 23.4 Å². The van der Waals surface area contributed by atoms with Gasteiger partial charge in [0.25, 0.3) is 5.91 Å². The average Bonchev–Trinajstić information content (AvgIpc) is 3.10. The fraction of sp³-hybridized carbons (Fsp3) is 0.333. The van der Waals surface area contributed by atoms with Crippen molar-refractivity contribution in [2.75, 3.05) is 23.3 Å². The summed E-state index contributed by atoms with van der Waals surface area (Å²) in [5.74, 6) is 0.616. The molecule has 0 saturated carbocycles. The molecule has 4 rings (SSSR count). The second kappa shape index (κ2) is 7.74. The molecule has 1 saturated heterocycles. The number of carbonyl (C=O) groups excluding carboxylic acids is 1. The molecule has 2 N–H and O–H groups in total. The molecule has 0 bridgehead atoms. The van der Waals surface area contributed by atoms with Crippen molar-refractivity contribution in [2.24, 2.45) is 7.05 Å². The summed E-state index contributed by atoms with van der Waals surface area (Å²) >= 11 is 0. The number of hydrogen-bond acceptors (Lipinski definition) is 6. The summed E-state index contributed by atoms with van der Waals surface area (Å²) in [5, 5.41) is 10.4. The molecule has 1 aliphatic rings. The molecule has 0 unspecified atom stereocenters. The maximum absolute atomic E-state index is 13.4. The Morgan fingerprint density at radius 1 is 1.30 bits per heavy atom. The highest BCUT2D eigenvalue weighted by molar-refractivity contribution is 5.95. The van der Waals surface area contributed by atoms with E-state index in [-0.39, 0.29) is 11.4 Å². The van der Waals surface area contributed by atoms with Gasteiger partial charge in [-0.2, -0.15) is 10.1 Å². The zero-order valence-corrected chi connectivity index (χ0v) is 17.2. The van der Waals surface area contributed by atoms with E-state index >= 15 is 0 Å². The van der Waals surface area contributed by atoms with Gasteiger partial charge in [-0.15, -0.1) is 0 Å². The van der Waals surface area contributed by atoms with Crippen molar-refractivity contribution in [2.45, 2.75) is 25.8 Å². The third-order valence-electron chi connectivity index (χ3n) is 5.33. The molecule has 1 fully saturated rings. The minimum absolute atomic E-state index is 0.269. The van der Waals surface area contributed by atoms with Crippen molar-refractivity contribution in [3.05, 3.63) is 59.8 Å². The van der Waals surface area contributed by atoms with Gasteiger partial charge in [-0.3, -0.25) is 9.48 Å². The number of benzene rings is 1. The van der Waals surface area contributed by atoms with E-state index in [1.165, 1.54) is 18.2 Å². The van der Waals surface area contributed by atoms with E-state index in [0.717, 1.165) is 23.5 Å². The van der Waals surface area contributed by atoms with Crippen LogP contribution in [0.2, 0.25) is 0 Å². The SMILES string of the molecule is CCC1(NC(=O)c2cccc(F)c2)CN(c2nc(Nc3cnn(C)c3)ncc2C)C1. The summed E-state index contributed by atoms with van der Waals surface area (Å²) < 4.78 is 15.1. The second-order valence-electron chi connectivity index (χ2n) is 7.68. The maximum atomic E-state index is 13.4. The first-order chi connectivity index (χ1) is 14.4. The summed E-state index contributed by atoms with van der Waals surface area (Å²) in [6, 6.07) is 5.73. The van der Waals surface area contributed by atoms with Gasteiger partial charge in [-0.25, -0.2) is 9.37 Å². The van der Waals surface area contributed by atoms with Gasteiger partial charge in [0.2, 0.25) is 5.95 Å². The van der Waals surface area contributed by atoms with E-state index in [2.05, 4.69) is 30.6 Å². The molecule has 3 aromatic rings. The van der Waals surface area contributed by atoms with E-state index in [0.29, 0.717) is 24.6 Å². The lowest BCUT2D eigenvalue weighted by Crippen LogP contribution is -2.70. The van der Waals surface area contributed by atoms with Gasteiger partial charge in [0.05, 0.1) is 17.4 Å². The van der Waals surface area contributed by atoms with Crippen molar-refractivity contribution in [3.63, 3.8) is 0 Å². The molecule has 1 amide bonds. The quantitative estimate of drug-likeness (QED) is 0.651. The van der Waals surface area contributed by atoms with Crippen LogP contribution in [-0.4, -0.2) is 44.3 Å². The molecule has 0 aliphatic carbocycles. The molecule has 0 radical (unpaired) electrons. The average molecular weight is 409 g/mol. The Morgan fingerprint density at radius 2 is 2.10 bits per heavy atom. The monoisotopic (exact) mass is 409 g/mol. The van der Waals surface area contributed by atoms with Gasteiger partial charge in [0, 0.05) is 43.7 Å². The molecule has 2 aromatic heterocycles. The predicted molar refractivity (Wildman–Crippen MR) is 112 cm³/mol. The van der Waals surface area contributed by atoms with Crippen LogP contribution in [0.25, 0.3) is 0 Å². The molecule has 1 aliphatic heterocycles. The number of nitrogens with zero attached hydrogens (tertiary/aromatic N) is 5. The molecule has 0 spiro atoms. The highest BCUT2D eigenvalue weighted by Gasteiger charge is 2.44. The Kier molecular flexibility index (Phi) is 5.11. The van der Waals surface area contributed by atoms with Crippen molar-refractivity contribution in [3.8, 4) is 0 Å². The Bertz CT molecular complexity index is 1070. The van der Waals surface area contributed by atoms with Crippen molar-refractivity contribution < 1.29 is 9.18 Å². The third kappa shape index (κ3) is 3.96. The predicted octanol–water partition coefficient (Wildman–Crippen LogP) is 2.80. The summed E-state index contributed by atoms with van der Waals surface area (Å²) in [4.78, 5) is 23.7. The molecule has 8 nitrogen and oxygen atoms in total. The normalized spacial score (nSPS) is 14.9. The number of carbonyl (C=O) groups is 1. The Morgan fingerprint density at radius 3 is 2.77 bits per heavy atom. The lowest BCUT2D eigenvalue weighted by molar-refractivity contribution is 0.0872. The summed E-state index contributed by atoms with van der Waals surface area (Å²) in [6.07, 6.45) is 6.08. The maximum Gasteiger partial charge on any atom is 0.251 e. The number of aryl methyl sites for hydroxylation is 2. The molecular formula is C21H24FN7O. The zero-order valence-electron chi connectivity index (χ0n) is 17.2. The summed E-state index contributed by atoms with van der Waals surface area (Å²) in [6.45, 7) is 5.23. The molecule has 30 heavy (non-hydrogen) atoms. The number of anilines is 3. The first-order valence-corrected chi connectivity index (χ1v) is 9.80. The number of rotatable bonds is 6. The summed E-state index contributed by atoms with van der Waals surface area (Å²) in [5.41, 5.74) is 1.70. The van der Waals surface area contributed by atoms with Gasteiger partial charge >= 0.3 is 0 Å². The lowest BCUT2D eigenvalue weighted by atomic mass is 9.86. The standard InChI is InChI=1S/C21H24FN7O/c1-4-21(27-19(30)15-6-5-7-16(22)8-15)12-29(13-21)18-14(2)9-23-20(26-18)25-17-10-24-28(3)11-17/h5-11H,4,12-13H2,1-3H3,(H,27,30)(H,23,25,26). The molecule has 1 aromatic carbocycles. The first kappa shape index (κ1) is 19.8. The molecular weight excluding hydrogens is 385 g/mol. The highest BCUT2D eigenvalue weighted by Crippen LogP contribution is 2.32. The number of hydrogen-bond donors (Lipinski definition) is 2. The minimum atomic E-state index is -0.423. The molecule has 3 heterocycles. The van der Waals surface area contributed by atoms with Crippen LogP contribution in [0.4, 0.5) is 21.8 Å².